The Hall–Kier alpha value is -3.11. The molecule has 2 saturated carbocycles. The van der Waals surface area contributed by atoms with E-state index in [1.165, 1.54) is 49.9 Å². The molecule has 2 aliphatic carbocycles. The Balaban J connectivity index is 1.65. The van der Waals surface area contributed by atoms with Crippen molar-refractivity contribution in [2.24, 2.45) is 0 Å². The van der Waals surface area contributed by atoms with Crippen LogP contribution in [-0.2, 0) is 0 Å². The molecule has 34 heavy (non-hydrogen) atoms. The van der Waals surface area contributed by atoms with Crippen molar-refractivity contribution in [3.63, 3.8) is 0 Å². The number of benzene rings is 1. The van der Waals surface area contributed by atoms with Crippen LogP contribution in [0.1, 0.15) is 79.4 Å². The number of aromatic nitrogens is 1. The third-order valence-corrected chi connectivity index (χ3v) is 8.53. The minimum absolute atomic E-state index is 0.0235. The van der Waals surface area contributed by atoms with Crippen molar-refractivity contribution in [3.05, 3.63) is 40.8 Å². The van der Waals surface area contributed by atoms with Gasteiger partial charge in [0.15, 0.2) is 0 Å². The molecule has 0 radical (unpaired) electrons. The molecular weight excluding hydrogens is 442 g/mol. The number of nitrogen functional groups attached to an aromatic ring is 2. The topological polar surface area (TPSA) is 109 Å². The van der Waals surface area contributed by atoms with Gasteiger partial charge in [-0.1, -0.05) is 68.9 Å². The van der Waals surface area contributed by atoms with Crippen LogP contribution in [0.5, 0.6) is 0 Å². The minimum Gasteiger partial charge on any atom is -0.397 e. The molecule has 6 nitrogen and oxygen atoms in total. The second-order valence-electron chi connectivity index (χ2n) is 9.55. The second-order valence-corrected chi connectivity index (χ2v) is 10.5. The van der Waals surface area contributed by atoms with Crippen LogP contribution in [-0.4, -0.2) is 27.9 Å². The zero-order valence-electron chi connectivity index (χ0n) is 19.4. The van der Waals surface area contributed by atoms with E-state index < -0.39 is 0 Å². The van der Waals surface area contributed by atoms with Crippen LogP contribution >= 0.6 is 11.3 Å². The highest BCUT2D eigenvalue weighted by atomic mass is 32.1. The van der Waals surface area contributed by atoms with E-state index in [-0.39, 0.29) is 23.8 Å². The number of carbonyl (C=O) groups excluding carboxylic acids is 1. The molecule has 0 saturated heterocycles. The Morgan fingerprint density at radius 1 is 0.971 bits per heavy atom. The minimum atomic E-state index is 0.0235. The largest absolute Gasteiger partial charge is 0.397 e. The van der Waals surface area contributed by atoms with Crippen molar-refractivity contribution in [1.29, 1.82) is 5.26 Å². The number of rotatable bonds is 4. The van der Waals surface area contributed by atoms with E-state index in [1.807, 2.05) is 30.3 Å². The SMILES string of the molecule is N#Cc1c(N)nc2sc(C(=O)N(C3CCCCC3)C3CCCCC3)c(N)c2c1-c1ccccc1. The van der Waals surface area contributed by atoms with E-state index in [1.54, 1.807) is 0 Å². The van der Waals surface area contributed by atoms with Crippen LogP contribution in [0.25, 0.3) is 21.3 Å². The molecule has 5 rings (SSSR count). The Bertz CT molecular complexity index is 1220. The number of thiophene rings is 1. The van der Waals surface area contributed by atoms with Crippen LogP contribution in [0.2, 0.25) is 0 Å². The first-order valence-electron chi connectivity index (χ1n) is 12.4. The predicted octanol–water partition coefficient (Wildman–Crippen LogP) is 6.11. The van der Waals surface area contributed by atoms with E-state index in [9.17, 15) is 10.1 Å². The predicted molar refractivity (Wildman–Crippen MR) is 139 cm³/mol. The fourth-order valence-corrected chi connectivity index (χ4v) is 6.86. The van der Waals surface area contributed by atoms with Gasteiger partial charge in [-0.15, -0.1) is 11.3 Å². The summed E-state index contributed by atoms with van der Waals surface area (Å²) >= 11 is 1.31. The summed E-state index contributed by atoms with van der Waals surface area (Å²) in [5, 5.41) is 10.5. The van der Waals surface area contributed by atoms with Crippen molar-refractivity contribution < 1.29 is 4.79 Å². The average Bonchev–Trinajstić information content (AvgIpc) is 3.20. The van der Waals surface area contributed by atoms with E-state index in [4.69, 9.17) is 11.5 Å². The fraction of sp³-hybridized carbons (Fsp3) is 0.444. The molecule has 0 bridgehead atoms. The van der Waals surface area contributed by atoms with E-state index in [0.29, 0.717) is 31.9 Å². The quantitative estimate of drug-likeness (QED) is 0.475. The number of hydrogen-bond acceptors (Lipinski definition) is 6. The zero-order chi connectivity index (χ0) is 23.7. The molecule has 0 aliphatic heterocycles. The summed E-state index contributed by atoms with van der Waals surface area (Å²) in [5.41, 5.74) is 15.2. The van der Waals surface area contributed by atoms with Crippen LogP contribution in [0.4, 0.5) is 11.5 Å². The number of amides is 1. The van der Waals surface area contributed by atoms with Crippen molar-refractivity contribution in [2.75, 3.05) is 11.5 Å². The summed E-state index contributed by atoms with van der Waals surface area (Å²) in [6.45, 7) is 0. The third-order valence-electron chi connectivity index (χ3n) is 7.44. The zero-order valence-corrected chi connectivity index (χ0v) is 20.2. The van der Waals surface area contributed by atoms with Crippen LogP contribution in [0, 0.1) is 11.3 Å². The van der Waals surface area contributed by atoms with Gasteiger partial charge in [-0.05, 0) is 31.2 Å². The van der Waals surface area contributed by atoms with Gasteiger partial charge in [-0.25, -0.2) is 4.98 Å². The number of fused-ring (bicyclic) bond motifs is 1. The lowest BCUT2D eigenvalue weighted by atomic mass is 9.88. The highest BCUT2D eigenvalue weighted by Crippen LogP contribution is 2.44. The summed E-state index contributed by atoms with van der Waals surface area (Å²) in [6.07, 6.45) is 11.4. The smallest absolute Gasteiger partial charge is 0.266 e. The Labute approximate surface area is 204 Å². The Morgan fingerprint density at radius 2 is 1.56 bits per heavy atom. The van der Waals surface area contributed by atoms with Gasteiger partial charge in [0.1, 0.15) is 27.2 Å². The van der Waals surface area contributed by atoms with Gasteiger partial charge >= 0.3 is 0 Å². The number of nitriles is 1. The summed E-state index contributed by atoms with van der Waals surface area (Å²) in [6, 6.07) is 12.4. The van der Waals surface area contributed by atoms with Crippen LogP contribution in [0.3, 0.4) is 0 Å². The molecule has 7 heteroatoms. The van der Waals surface area contributed by atoms with Gasteiger partial charge in [-0.3, -0.25) is 4.79 Å². The van der Waals surface area contributed by atoms with Crippen LogP contribution < -0.4 is 11.5 Å². The molecule has 2 aromatic heterocycles. The number of anilines is 2. The number of nitrogens with zero attached hydrogens (tertiary/aromatic N) is 3. The average molecular weight is 474 g/mol. The Morgan fingerprint density at radius 3 is 2.12 bits per heavy atom. The molecule has 1 aromatic carbocycles. The highest BCUT2D eigenvalue weighted by molar-refractivity contribution is 7.21. The van der Waals surface area contributed by atoms with E-state index in [2.05, 4.69) is 16.0 Å². The van der Waals surface area contributed by atoms with Gasteiger partial charge in [-0.2, -0.15) is 5.26 Å². The van der Waals surface area contributed by atoms with E-state index >= 15 is 0 Å². The van der Waals surface area contributed by atoms with Crippen molar-refractivity contribution in [3.8, 4) is 17.2 Å². The normalized spacial score (nSPS) is 17.5. The monoisotopic (exact) mass is 473 g/mol. The number of hydrogen-bond donors (Lipinski definition) is 2. The summed E-state index contributed by atoms with van der Waals surface area (Å²) in [5.74, 6) is 0.195. The van der Waals surface area contributed by atoms with Crippen LogP contribution in [0.15, 0.2) is 30.3 Å². The van der Waals surface area contributed by atoms with E-state index in [0.717, 1.165) is 31.2 Å². The first-order valence-corrected chi connectivity index (χ1v) is 13.2. The molecule has 1 amide bonds. The molecule has 2 heterocycles. The molecule has 2 fully saturated rings. The van der Waals surface area contributed by atoms with Gasteiger partial charge < -0.3 is 16.4 Å². The molecule has 3 aromatic rings. The maximum absolute atomic E-state index is 14.2. The van der Waals surface area contributed by atoms with Crippen molar-refractivity contribution in [2.45, 2.75) is 76.3 Å². The summed E-state index contributed by atoms with van der Waals surface area (Å²) < 4.78 is 0. The molecule has 2 aliphatic rings. The molecular formula is C27H31N5OS. The summed E-state index contributed by atoms with van der Waals surface area (Å²) in [7, 11) is 0. The molecule has 0 atom stereocenters. The highest BCUT2D eigenvalue weighted by Gasteiger charge is 2.35. The molecule has 4 N–H and O–H groups in total. The lowest BCUT2D eigenvalue weighted by Gasteiger charge is -2.41. The Kier molecular flexibility index (Phi) is 6.42. The fourth-order valence-electron chi connectivity index (χ4n) is 5.80. The first-order chi connectivity index (χ1) is 16.6. The second kappa shape index (κ2) is 9.63. The van der Waals surface area contributed by atoms with Gasteiger partial charge in [0.2, 0.25) is 0 Å². The van der Waals surface area contributed by atoms with Gasteiger partial charge in [0, 0.05) is 23.0 Å². The standard InChI is InChI=1S/C27H31N5OS/c28-16-20-21(17-10-4-1-5-11-17)22-23(29)24(34-26(22)31-25(20)30)27(33)32(18-12-6-2-7-13-18)19-14-8-3-9-15-19/h1,4-5,10-11,18-19H,2-3,6-9,12-15,29H2,(H2,30,31). The molecule has 176 valence electrons. The number of nitrogens with two attached hydrogens (primary N) is 2. The number of pyridine rings is 1. The first kappa shape index (κ1) is 22.7. The van der Waals surface area contributed by atoms with Crippen molar-refractivity contribution >= 4 is 39.0 Å². The third kappa shape index (κ3) is 4.01. The lowest BCUT2D eigenvalue weighted by Crippen LogP contribution is -2.48. The maximum Gasteiger partial charge on any atom is 0.266 e. The van der Waals surface area contributed by atoms with Gasteiger partial charge in [0.05, 0.1) is 5.69 Å². The molecule has 0 spiro atoms. The number of carbonyl (C=O) groups is 1. The van der Waals surface area contributed by atoms with Crippen molar-refractivity contribution in [1.82, 2.24) is 9.88 Å². The maximum atomic E-state index is 14.2. The summed E-state index contributed by atoms with van der Waals surface area (Å²) in [4.78, 5) is 22.0. The van der Waals surface area contributed by atoms with Gasteiger partial charge in [0.25, 0.3) is 5.91 Å². The molecule has 0 unspecified atom stereocenters. The lowest BCUT2D eigenvalue weighted by molar-refractivity contribution is 0.0454.